The van der Waals surface area contributed by atoms with Gasteiger partial charge in [-0.25, -0.2) is 23.4 Å². The van der Waals surface area contributed by atoms with E-state index in [0.29, 0.717) is 11.7 Å². The Morgan fingerprint density at radius 1 is 1.00 bits per heavy atom. The van der Waals surface area contributed by atoms with Crippen LogP contribution in [0.5, 0.6) is 11.6 Å². The number of aromatic nitrogens is 4. The van der Waals surface area contributed by atoms with Crippen LogP contribution in [0.1, 0.15) is 12.8 Å². The van der Waals surface area contributed by atoms with Crippen LogP contribution < -0.4 is 9.64 Å². The minimum atomic E-state index is -3.27. The van der Waals surface area contributed by atoms with Crippen LogP contribution in [-0.2, 0) is 9.84 Å². The minimum absolute atomic E-state index is 0.0276. The van der Waals surface area contributed by atoms with Gasteiger partial charge in [-0.1, -0.05) is 0 Å². The van der Waals surface area contributed by atoms with Crippen LogP contribution >= 0.6 is 0 Å². The highest BCUT2D eigenvalue weighted by molar-refractivity contribution is 7.90. The molecule has 3 aromatic heterocycles. The Hall–Kier alpha value is -3.66. The molecule has 170 valence electrons. The van der Waals surface area contributed by atoms with Crippen molar-refractivity contribution in [2.24, 2.45) is 0 Å². The van der Waals surface area contributed by atoms with Crippen LogP contribution in [0.15, 0.2) is 66.1 Å². The fraction of sp³-hybridized carbons (Fsp3) is 0.261. The highest BCUT2D eigenvalue weighted by Gasteiger charge is 2.22. The third-order valence-electron chi connectivity index (χ3n) is 5.75. The monoisotopic (exact) mass is 465 g/mol. The predicted molar refractivity (Wildman–Crippen MR) is 124 cm³/mol. The summed E-state index contributed by atoms with van der Waals surface area (Å²) in [4.78, 5) is 15.4. The lowest BCUT2D eigenvalue weighted by Crippen LogP contribution is -2.38. The maximum absolute atomic E-state index is 11.8. The fourth-order valence-electron chi connectivity index (χ4n) is 4.02. The van der Waals surface area contributed by atoms with Gasteiger partial charge in [-0.15, -0.1) is 0 Å². The number of piperidine rings is 1. The van der Waals surface area contributed by atoms with Crippen molar-refractivity contribution in [3.8, 4) is 17.4 Å². The lowest BCUT2D eigenvalue weighted by Gasteiger charge is -2.32. The Bertz CT molecular complexity index is 1390. The number of hydrogen-bond acceptors (Lipinski definition) is 8. The van der Waals surface area contributed by atoms with E-state index in [1.165, 1.54) is 18.8 Å². The van der Waals surface area contributed by atoms with E-state index in [-0.39, 0.29) is 16.7 Å². The molecule has 0 atom stereocenters. The first-order chi connectivity index (χ1) is 15.9. The molecule has 5 rings (SSSR count). The smallest absolute Gasteiger partial charge is 0.218 e. The number of pyridine rings is 1. The number of sulfone groups is 1. The van der Waals surface area contributed by atoms with E-state index in [2.05, 4.69) is 19.9 Å². The van der Waals surface area contributed by atoms with Gasteiger partial charge >= 0.3 is 0 Å². The molecule has 1 aliphatic heterocycles. The summed E-state index contributed by atoms with van der Waals surface area (Å²) in [5.41, 5.74) is 0.849. The van der Waals surface area contributed by atoms with Gasteiger partial charge in [-0.05, 0) is 36.4 Å². The van der Waals surface area contributed by atoms with E-state index in [1.807, 2.05) is 22.9 Å². The zero-order valence-corrected chi connectivity index (χ0v) is 18.8. The number of aromatic hydroxyl groups is 1. The summed E-state index contributed by atoms with van der Waals surface area (Å²) in [7, 11) is -3.27. The molecular weight excluding hydrogens is 442 g/mol. The van der Waals surface area contributed by atoms with E-state index in [9.17, 15) is 13.5 Å². The molecule has 0 amide bonds. The molecule has 0 bridgehead atoms. The molecule has 1 N–H and O–H groups in total. The molecule has 0 aliphatic carbocycles. The quantitative estimate of drug-likeness (QED) is 0.479. The molecule has 0 unspecified atom stereocenters. The fourth-order valence-corrected chi connectivity index (χ4v) is 4.67. The van der Waals surface area contributed by atoms with Crippen LogP contribution in [-0.4, -0.2) is 58.5 Å². The van der Waals surface area contributed by atoms with Crippen molar-refractivity contribution in [3.63, 3.8) is 0 Å². The molecule has 1 fully saturated rings. The lowest BCUT2D eigenvalue weighted by atomic mass is 10.1. The average Bonchev–Trinajstić information content (AvgIpc) is 3.23. The Morgan fingerprint density at radius 2 is 1.82 bits per heavy atom. The number of ether oxygens (including phenoxy) is 1. The molecule has 1 aromatic carbocycles. The van der Waals surface area contributed by atoms with Crippen molar-refractivity contribution in [2.45, 2.75) is 23.8 Å². The van der Waals surface area contributed by atoms with E-state index < -0.39 is 9.84 Å². The zero-order chi connectivity index (χ0) is 23.0. The number of rotatable bonds is 5. The first-order valence-corrected chi connectivity index (χ1v) is 12.5. The van der Waals surface area contributed by atoms with Gasteiger partial charge in [0.15, 0.2) is 9.84 Å². The van der Waals surface area contributed by atoms with Crippen molar-refractivity contribution in [1.82, 2.24) is 19.5 Å². The standard InChI is InChI=1S/C23H23N5O4S/c1-33(30,31)19-3-4-20-16(12-19)6-11-28(20)22-13-23(26-15-25-22)32-18-7-9-27(10-8-18)21-5-2-17(29)14-24-21/h2-6,11-15,18,29H,7-10H2,1H3. The molecule has 0 radical (unpaired) electrons. The van der Waals surface area contributed by atoms with Gasteiger partial charge < -0.3 is 19.3 Å². The van der Waals surface area contributed by atoms with E-state index in [4.69, 9.17) is 4.74 Å². The van der Waals surface area contributed by atoms with Gasteiger partial charge in [0.25, 0.3) is 0 Å². The van der Waals surface area contributed by atoms with E-state index in [1.54, 1.807) is 30.3 Å². The van der Waals surface area contributed by atoms with Crippen LogP contribution in [0.25, 0.3) is 16.7 Å². The molecule has 4 heterocycles. The average molecular weight is 466 g/mol. The third-order valence-corrected chi connectivity index (χ3v) is 6.86. The highest BCUT2D eigenvalue weighted by Crippen LogP contribution is 2.26. The van der Waals surface area contributed by atoms with E-state index >= 15 is 0 Å². The molecule has 1 saturated heterocycles. The van der Waals surface area contributed by atoms with E-state index in [0.717, 1.165) is 42.7 Å². The van der Waals surface area contributed by atoms with Crippen molar-refractivity contribution in [1.29, 1.82) is 0 Å². The molecule has 33 heavy (non-hydrogen) atoms. The summed E-state index contributed by atoms with van der Waals surface area (Å²) < 4.78 is 31.7. The minimum Gasteiger partial charge on any atom is -0.506 e. The SMILES string of the molecule is CS(=O)(=O)c1ccc2c(ccn2-c2cc(OC3CCN(c4ccc(O)cn4)CC3)ncn2)c1. The second-order valence-electron chi connectivity index (χ2n) is 8.07. The number of fused-ring (bicyclic) bond motifs is 1. The maximum atomic E-state index is 11.8. The van der Waals surface area contributed by atoms with Gasteiger partial charge in [0.2, 0.25) is 5.88 Å². The lowest BCUT2D eigenvalue weighted by molar-refractivity contribution is 0.163. The van der Waals surface area contributed by atoms with Crippen molar-refractivity contribution < 1.29 is 18.3 Å². The van der Waals surface area contributed by atoms with Crippen LogP contribution in [0, 0.1) is 0 Å². The predicted octanol–water partition coefficient (Wildman–Crippen LogP) is 2.97. The van der Waals surface area contributed by atoms with Crippen LogP contribution in [0.2, 0.25) is 0 Å². The molecule has 9 nitrogen and oxygen atoms in total. The van der Waals surface area contributed by atoms with Crippen molar-refractivity contribution in [3.05, 3.63) is 61.2 Å². The summed E-state index contributed by atoms with van der Waals surface area (Å²) in [6.45, 7) is 1.59. The molecule has 1 aliphatic rings. The summed E-state index contributed by atoms with van der Waals surface area (Å²) in [5.74, 6) is 2.14. The number of benzene rings is 1. The normalized spacial score (nSPS) is 15.1. The Labute approximate surface area is 191 Å². The van der Waals surface area contributed by atoms with Gasteiger partial charge in [0.1, 0.15) is 29.8 Å². The topological polar surface area (TPSA) is 110 Å². The number of hydrogen-bond donors (Lipinski definition) is 1. The van der Waals surface area contributed by atoms with Crippen LogP contribution in [0.4, 0.5) is 5.82 Å². The number of anilines is 1. The van der Waals surface area contributed by atoms with Gasteiger partial charge in [0, 0.05) is 49.8 Å². The van der Waals surface area contributed by atoms with Crippen LogP contribution in [0.3, 0.4) is 0 Å². The molecular formula is C23H23N5O4S. The summed E-state index contributed by atoms with van der Waals surface area (Å²) >= 11 is 0. The largest absolute Gasteiger partial charge is 0.506 e. The number of nitrogens with zero attached hydrogens (tertiary/aromatic N) is 5. The molecule has 4 aromatic rings. The van der Waals surface area contributed by atoms with Crippen molar-refractivity contribution >= 4 is 26.6 Å². The second kappa shape index (κ2) is 8.36. The Balaban J connectivity index is 1.30. The first kappa shape index (κ1) is 21.2. The zero-order valence-electron chi connectivity index (χ0n) is 18.0. The third kappa shape index (κ3) is 4.47. The Kier molecular flexibility index (Phi) is 5.37. The molecule has 10 heteroatoms. The Morgan fingerprint density at radius 3 is 2.55 bits per heavy atom. The summed E-state index contributed by atoms with van der Waals surface area (Å²) in [6, 6.07) is 12.1. The molecule has 0 saturated carbocycles. The second-order valence-corrected chi connectivity index (χ2v) is 10.1. The van der Waals surface area contributed by atoms with Gasteiger partial charge in [0.05, 0.1) is 16.6 Å². The summed E-state index contributed by atoms with van der Waals surface area (Å²) in [5, 5.41) is 10.2. The first-order valence-electron chi connectivity index (χ1n) is 10.6. The maximum Gasteiger partial charge on any atom is 0.218 e. The molecule has 0 spiro atoms. The van der Waals surface area contributed by atoms with Gasteiger partial charge in [-0.3, -0.25) is 0 Å². The van der Waals surface area contributed by atoms with Gasteiger partial charge in [-0.2, -0.15) is 0 Å². The summed E-state index contributed by atoms with van der Waals surface area (Å²) in [6.07, 6.45) is 7.64. The highest BCUT2D eigenvalue weighted by atomic mass is 32.2. The van der Waals surface area contributed by atoms with Crippen molar-refractivity contribution in [2.75, 3.05) is 24.2 Å².